The number of H-pyrrole nitrogens is 1. The molecule has 1 amide bonds. The second kappa shape index (κ2) is 3.51. The number of rotatable bonds is 1. The summed E-state index contributed by atoms with van der Waals surface area (Å²) in [6, 6.07) is 0. The van der Waals surface area contributed by atoms with Gasteiger partial charge in [-0.25, -0.2) is 9.97 Å². The van der Waals surface area contributed by atoms with E-state index >= 15 is 0 Å². The van der Waals surface area contributed by atoms with Crippen molar-refractivity contribution in [1.82, 2.24) is 20.2 Å². The maximum absolute atomic E-state index is 11.8. The van der Waals surface area contributed by atoms with E-state index in [0.29, 0.717) is 24.4 Å². The van der Waals surface area contributed by atoms with Crippen molar-refractivity contribution in [2.24, 2.45) is 0 Å². The van der Waals surface area contributed by atoms with Gasteiger partial charge < -0.3 is 0 Å². The fourth-order valence-corrected chi connectivity index (χ4v) is 2.40. The zero-order chi connectivity index (χ0) is 11.1. The molecule has 3 rings (SSSR count). The molecule has 1 aliphatic rings. The zero-order valence-corrected chi connectivity index (χ0v) is 9.81. The maximum atomic E-state index is 11.8. The summed E-state index contributed by atoms with van der Waals surface area (Å²) in [6.07, 6.45) is 3.58. The molecule has 2 aromatic rings. The molecule has 1 fully saturated rings. The van der Waals surface area contributed by atoms with E-state index in [-0.39, 0.29) is 10.7 Å². The van der Waals surface area contributed by atoms with E-state index in [4.69, 9.17) is 0 Å². The predicted molar refractivity (Wildman–Crippen MR) is 61.4 cm³/mol. The fourth-order valence-electron chi connectivity index (χ4n) is 1.84. The lowest BCUT2D eigenvalue weighted by Gasteiger charge is -2.14. The van der Waals surface area contributed by atoms with Crippen LogP contribution in [-0.4, -0.2) is 37.4 Å². The number of aromatic amines is 1. The van der Waals surface area contributed by atoms with Gasteiger partial charge in [0.15, 0.2) is 5.65 Å². The fraction of sp³-hybridized carbons (Fsp3) is 0.333. The van der Waals surface area contributed by atoms with E-state index < -0.39 is 0 Å². The van der Waals surface area contributed by atoms with E-state index in [1.165, 1.54) is 6.33 Å². The molecule has 0 saturated carbocycles. The molecule has 7 heteroatoms. The monoisotopic (exact) mass is 281 g/mol. The molecule has 6 nitrogen and oxygen atoms in total. The number of nitrogens with one attached hydrogen (secondary N) is 1. The molecule has 1 unspecified atom stereocenters. The third-order valence-corrected chi connectivity index (χ3v) is 3.17. The van der Waals surface area contributed by atoms with Gasteiger partial charge >= 0.3 is 0 Å². The predicted octanol–water partition coefficient (Wildman–Crippen LogP) is 0.853. The van der Waals surface area contributed by atoms with Gasteiger partial charge in [0.2, 0.25) is 5.91 Å². The molecule has 0 radical (unpaired) electrons. The highest BCUT2D eigenvalue weighted by Crippen LogP contribution is 2.27. The molecule has 1 aliphatic heterocycles. The van der Waals surface area contributed by atoms with Crippen molar-refractivity contribution in [3.63, 3.8) is 0 Å². The number of nitrogens with zero attached hydrogens (tertiary/aromatic N) is 4. The Kier molecular flexibility index (Phi) is 2.13. The lowest BCUT2D eigenvalue weighted by molar-refractivity contribution is -0.117. The van der Waals surface area contributed by atoms with Crippen molar-refractivity contribution in [2.45, 2.75) is 11.2 Å². The van der Waals surface area contributed by atoms with Crippen LogP contribution in [0.3, 0.4) is 0 Å². The Hall–Kier alpha value is -1.50. The largest absolute Gasteiger partial charge is 0.295 e. The first-order valence-corrected chi connectivity index (χ1v) is 5.76. The average molecular weight is 282 g/mol. The van der Waals surface area contributed by atoms with Gasteiger partial charge in [0.25, 0.3) is 0 Å². The zero-order valence-electron chi connectivity index (χ0n) is 8.22. The molecule has 2 aromatic heterocycles. The van der Waals surface area contributed by atoms with Gasteiger partial charge in [-0.05, 0) is 0 Å². The van der Waals surface area contributed by atoms with Gasteiger partial charge in [-0.2, -0.15) is 5.10 Å². The Labute approximate surface area is 99.2 Å². The maximum Gasteiger partial charge on any atom is 0.229 e. The normalized spacial score (nSPS) is 20.9. The third-order valence-electron chi connectivity index (χ3n) is 2.56. The van der Waals surface area contributed by atoms with E-state index in [0.717, 1.165) is 5.39 Å². The van der Waals surface area contributed by atoms with Crippen LogP contribution in [0.2, 0.25) is 0 Å². The number of alkyl halides is 1. The molecule has 1 atom stereocenters. The Morgan fingerprint density at radius 3 is 3.12 bits per heavy atom. The average Bonchev–Trinajstić information content (AvgIpc) is 2.84. The first-order chi connectivity index (χ1) is 7.75. The highest BCUT2D eigenvalue weighted by Gasteiger charge is 2.30. The highest BCUT2D eigenvalue weighted by molar-refractivity contribution is 9.09. The van der Waals surface area contributed by atoms with E-state index in [1.54, 1.807) is 11.1 Å². The number of halogens is 1. The summed E-state index contributed by atoms with van der Waals surface area (Å²) in [5.74, 6) is 0.703. The number of amides is 1. The number of fused-ring (bicyclic) bond motifs is 1. The van der Waals surface area contributed by atoms with E-state index in [1.807, 2.05) is 0 Å². The number of anilines is 1. The molecular weight excluding hydrogens is 274 g/mol. The van der Waals surface area contributed by atoms with Gasteiger partial charge in [-0.15, -0.1) is 0 Å². The lowest BCUT2D eigenvalue weighted by atomic mass is 10.3. The van der Waals surface area contributed by atoms with E-state index in [2.05, 4.69) is 36.1 Å². The van der Waals surface area contributed by atoms with Crippen LogP contribution in [0.25, 0.3) is 11.0 Å². The second-order valence-electron chi connectivity index (χ2n) is 3.64. The molecule has 16 heavy (non-hydrogen) atoms. The van der Waals surface area contributed by atoms with Crippen LogP contribution in [-0.2, 0) is 4.79 Å². The summed E-state index contributed by atoms with van der Waals surface area (Å²) in [5.41, 5.74) is 0.649. The second-order valence-corrected chi connectivity index (χ2v) is 4.93. The molecule has 0 bridgehead atoms. The number of carbonyl (C=O) groups is 1. The number of aromatic nitrogens is 4. The third kappa shape index (κ3) is 1.39. The first-order valence-electron chi connectivity index (χ1n) is 4.84. The van der Waals surface area contributed by atoms with Crippen molar-refractivity contribution in [3.05, 3.63) is 12.5 Å². The van der Waals surface area contributed by atoms with Crippen LogP contribution in [0.1, 0.15) is 6.42 Å². The van der Waals surface area contributed by atoms with Crippen molar-refractivity contribution >= 4 is 38.7 Å². The molecule has 1 saturated heterocycles. The standard InChI is InChI=1S/C9H8BrN5O/c10-5-1-7(16)15(3-5)9-6-2-13-14-8(6)11-4-12-9/h2,4-5H,1,3H2,(H,11,12,13,14). The summed E-state index contributed by atoms with van der Waals surface area (Å²) in [7, 11) is 0. The van der Waals surface area contributed by atoms with Gasteiger partial charge in [0, 0.05) is 17.8 Å². The quantitative estimate of drug-likeness (QED) is 0.787. The lowest BCUT2D eigenvalue weighted by Crippen LogP contribution is -2.25. The molecule has 0 aliphatic carbocycles. The SMILES string of the molecule is O=C1CC(Br)CN1c1ncnc2[nH]ncc12. The molecule has 82 valence electrons. The van der Waals surface area contributed by atoms with Gasteiger partial charge in [0.05, 0.1) is 11.6 Å². The van der Waals surface area contributed by atoms with Crippen LogP contribution < -0.4 is 4.90 Å². The van der Waals surface area contributed by atoms with Crippen LogP contribution in [0.4, 0.5) is 5.82 Å². The molecule has 0 spiro atoms. The van der Waals surface area contributed by atoms with Crippen LogP contribution in [0, 0.1) is 0 Å². The number of hydrogen-bond donors (Lipinski definition) is 1. The summed E-state index contributed by atoms with van der Waals surface area (Å²) in [4.78, 5) is 21.8. The minimum atomic E-state index is 0.0723. The number of hydrogen-bond acceptors (Lipinski definition) is 4. The number of carbonyl (C=O) groups excluding carboxylic acids is 1. The minimum Gasteiger partial charge on any atom is -0.295 e. The van der Waals surface area contributed by atoms with Gasteiger partial charge in [0.1, 0.15) is 12.1 Å². The van der Waals surface area contributed by atoms with Crippen molar-refractivity contribution in [3.8, 4) is 0 Å². The summed E-state index contributed by atoms with van der Waals surface area (Å²) in [6.45, 7) is 0.635. The van der Waals surface area contributed by atoms with Crippen molar-refractivity contribution in [1.29, 1.82) is 0 Å². The molecular formula is C9H8BrN5O. The van der Waals surface area contributed by atoms with Crippen molar-refractivity contribution < 1.29 is 4.79 Å². The minimum absolute atomic E-state index is 0.0723. The van der Waals surface area contributed by atoms with Crippen LogP contribution in [0.15, 0.2) is 12.5 Å². The van der Waals surface area contributed by atoms with E-state index in [9.17, 15) is 4.79 Å². The summed E-state index contributed by atoms with van der Waals surface area (Å²) < 4.78 is 0. The molecule has 1 N–H and O–H groups in total. The smallest absolute Gasteiger partial charge is 0.229 e. The molecule has 0 aromatic carbocycles. The van der Waals surface area contributed by atoms with Crippen LogP contribution in [0.5, 0.6) is 0 Å². The Morgan fingerprint density at radius 2 is 2.38 bits per heavy atom. The Bertz CT molecular complexity index is 554. The van der Waals surface area contributed by atoms with Gasteiger partial charge in [-0.1, -0.05) is 15.9 Å². The summed E-state index contributed by atoms with van der Waals surface area (Å²) in [5, 5.41) is 7.43. The topological polar surface area (TPSA) is 74.8 Å². The van der Waals surface area contributed by atoms with Gasteiger partial charge in [-0.3, -0.25) is 14.8 Å². The van der Waals surface area contributed by atoms with Crippen molar-refractivity contribution in [2.75, 3.05) is 11.4 Å². The Balaban J connectivity index is 2.12. The van der Waals surface area contributed by atoms with Crippen LogP contribution >= 0.6 is 15.9 Å². The molecule has 3 heterocycles. The highest BCUT2D eigenvalue weighted by atomic mass is 79.9. The summed E-state index contributed by atoms with van der Waals surface area (Å²) >= 11 is 3.44. The first kappa shape index (κ1) is 9.71. The Morgan fingerprint density at radius 1 is 1.50 bits per heavy atom.